The first-order valence-corrected chi connectivity index (χ1v) is 9.68. The van der Waals surface area contributed by atoms with Crippen LogP contribution in [0.1, 0.15) is 13.3 Å². The van der Waals surface area contributed by atoms with Crippen LogP contribution in [0.4, 0.5) is 0 Å². The minimum atomic E-state index is -4.67. The normalized spacial score (nSPS) is 14.2. The molecule has 144 valence electrons. The zero-order valence-corrected chi connectivity index (χ0v) is 19.1. The molecule has 0 radical (unpaired) electrons. The van der Waals surface area contributed by atoms with E-state index in [9.17, 15) is 13.0 Å². The topological polar surface area (TPSA) is 66.4 Å². The van der Waals surface area contributed by atoms with E-state index in [4.69, 9.17) is 0 Å². The Hall–Kier alpha value is -1.89. The molecule has 0 fully saturated rings. The summed E-state index contributed by atoms with van der Waals surface area (Å²) >= 11 is 0. The molecule has 0 atom stereocenters. The van der Waals surface area contributed by atoms with Gasteiger partial charge in [0.2, 0.25) is 0 Å². The molecule has 0 aromatic carbocycles. The summed E-state index contributed by atoms with van der Waals surface area (Å²) in [6.45, 7) is 2.10. The predicted molar refractivity (Wildman–Crippen MR) is 112 cm³/mol. The Bertz CT molecular complexity index is 775. The molecule has 0 bridgehead atoms. The van der Waals surface area contributed by atoms with Crippen LogP contribution < -0.4 is 29.6 Å². The molecule has 0 saturated carbocycles. The van der Waals surface area contributed by atoms with Crippen molar-refractivity contribution in [3.05, 3.63) is 122 Å². The zero-order chi connectivity index (χ0) is 20.1. The Balaban J connectivity index is 0. The van der Waals surface area contributed by atoms with Crippen LogP contribution in [0.3, 0.4) is 0 Å². The molecule has 0 rings (SSSR count). The van der Waals surface area contributed by atoms with Gasteiger partial charge in [0.05, 0.1) is 0 Å². The second-order valence-electron chi connectivity index (χ2n) is 4.75. The van der Waals surface area contributed by atoms with Crippen LogP contribution in [0.25, 0.3) is 0 Å². The van der Waals surface area contributed by atoms with E-state index >= 15 is 0 Å². The SMILES string of the molecule is CCC=CC=CC=CC=CC=CC=CC=CC=CC=CC=COS(=O)(=O)[O-].[Na+]. The van der Waals surface area contributed by atoms with E-state index in [1.807, 2.05) is 79.0 Å². The van der Waals surface area contributed by atoms with E-state index in [-0.39, 0.29) is 29.6 Å². The van der Waals surface area contributed by atoms with Crippen molar-refractivity contribution in [2.75, 3.05) is 0 Å². The molecule has 0 aromatic heterocycles. The van der Waals surface area contributed by atoms with E-state index in [1.54, 1.807) is 18.2 Å². The van der Waals surface area contributed by atoms with Crippen LogP contribution in [0.15, 0.2) is 122 Å². The molecule has 0 amide bonds. The maximum Gasteiger partial charge on any atom is 1.00 e. The van der Waals surface area contributed by atoms with Gasteiger partial charge in [-0.15, -0.1) is 0 Å². The summed E-state index contributed by atoms with van der Waals surface area (Å²) in [7, 11) is -4.67. The molecule has 0 N–H and O–H groups in total. The van der Waals surface area contributed by atoms with Crippen molar-refractivity contribution in [2.24, 2.45) is 0 Å². The van der Waals surface area contributed by atoms with Crippen LogP contribution in [0.2, 0.25) is 0 Å². The van der Waals surface area contributed by atoms with Gasteiger partial charge in [0, 0.05) is 0 Å². The fourth-order valence-corrected chi connectivity index (χ4v) is 1.59. The van der Waals surface area contributed by atoms with E-state index in [2.05, 4.69) is 17.2 Å². The largest absolute Gasteiger partial charge is 1.00 e. The smallest absolute Gasteiger partial charge is 0.716 e. The molecule has 0 saturated heterocycles. The molecule has 0 unspecified atom stereocenters. The second-order valence-corrected chi connectivity index (χ2v) is 5.76. The van der Waals surface area contributed by atoms with Crippen molar-refractivity contribution in [1.82, 2.24) is 0 Å². The van der Waals surface area contributed by atoms with Gasteiger partial charge in [-0.25, -0.2) is 8.42 Å². The van der Waals surface area contributed by atoms with Gasteiger partial charge in [-0.05, 0) is 12.5 Å². The maximum absolute atomic E-state index is 10.1. The average Bonchev–Trinajstić information content (AvgIpc) is 2.62. The summed E-state index contributed by atoms with van der Waals surface area (Å²) in [6.07, 6.45) is 37.2. The van der Waals surface area contributed by atoms with Crippen LogP contribution in [-0.4, -0.2) is 13.0 Å². The van der Waals surface area contributed by atoms with Gasteiger partial charge >= 0.3 is 29.6 Å². The number of hydrogen-bond donors (Lipinski definition) is 0. The molecule has 28 heavy (non-hydrogen) atoms. The van der Waals surface area contributed by atoms with Crippen molar-refractivity contribution >= 4 is 10.4 Å². The van der Waals surface area contributed by atoms with Crippen molar-refractivity contribution in [3.8, 4) is 0 Å². The summed E-state index contributed by atoms with van der Waals surface area (Å²) < 4.78 is 34.3. The first-order valence-electron chi connectivity index (χ1n) is 8.35. The molecule has 6 heteroatoms. The van der Waals surface area contributed by atoms with Gasteiger partial charge < -0.3 is 8.74 Å². The Morgan fingerprint density at radius 3 is 1.18 bits per heavy atom. The first kappa shape index (κ1) is 28.3. The van der Waals surface area contributed by atoms with Crippen LogP contribution in [0, 0.1) is 0 Å². The molecular weight excluding hydrogens is 383 g/mol. The van der Waals surface area contributed by atoms with Crippen LogP contribution >= 0.6 is 0 Å². The number of hydrogen-bond acceptors (Lipinski definition) is 4. The summed E-state index contributed by atoms with van der Waals surface area (Å²) in [4.78, 5) is 0. The average molecular weight is 408 g/mol. The molecule has 4 nitrogen and oxygen atoms in total. The second kappa shape index (κ2) is 21.4. The third-order valence-electron chi connectivity index (χ3n) is 2.51. The summed E-state index contributed by atoms with van der Waals surface area (Å²) in [6, 6.07) is 0. The third kappa shape index (κ3) is 26.3. The van der Waals surface area contributed by atoms with E-state index < -0.39 is 10.4 Å². The monoisotopic (exact) mass is 408 g/mol. The Morgan fingerprint density at radius 2 is 0.893 bits per heavy atom. The molecule has 0 aliphatic heterocycles. The molecule has 0 heterocycles. The molecular formula is C22H25NaO4S. The number of rotatable bonds is 12. The fourth-order valence-electron chi connectivity index (χ4n) is 1.39. The molecule has 0 spiro atoms. The van der Waals surface area contributed by atoms with Gasteiger partial charge in [-0.3, -0.25) is 0 Å². The number of allylic oxidation sites excluding steroid dienone is 19. The predicted octanol–water partition coefficient (Wildman–Crippen LogP) is 2.40. The molecule has 0 aliphatic carbocycles. The Kier molecular flexibility index (Phi) is 21.7. The van der Waals surface area contributed by atoms with Gasteiger partial charge in [-0.2, -0.15) is 0 Å². The molecule has 0 aliphatic rings. The molecule has 0 aromatic rings. The zero-order valence-electron chi connectivity index (χ0n) is 16.3. The van der Waals surface area contributed by atoms with Crippen molar-refractivity contribution in [3.63, 3.8) is 0 Å². The summed E-state index contributed by atoms with van der Waals surface area (Å²) in [5.74, 6) is 0. The van der Waals surface area contributed by atoms with Crippen molar-refractivity contribution in [2.45, 2.75) is 13.3 Å². The van der Waals surface area contributed by atoms with Gasteiger partial charge in [0.25, 0.3) is 10.4 Å². The van der Waals surface area contributed by atoms with E-state index in [0.717, 1.165) is 12.7 Å². The fraction of sp³-hybridized carbons (Fsp3) is 0.0909. The van der Waals surface area contributed by atoms with Gasteiger partial charge in [-0.1, -0.05) is 116 Å². The van der Waals surface area contributed by atoms with Gasteiger partial charge in [0.1, 0.15) is 6.26 Å². The first-order chi connectivity index (χ1) is 13.1. The van der Waals surface area contributed by atoms with Crippen molar-refractivity contribution < 1.29 is 46.7 Å². The minimum Gasteiger partial charge on any atom is -0.716 e. The Morgan fingerprint density at radius 1 is 0.607 bits per heavy atom. The van der Waals surface area contributed by atoms with Crippen LogP contribution in [0.5, 0.6) is 0 Å². The maximum atomic E-state index is 10.1. The van der Waals surface area contributed by atoms with Gasteiger partial charge in [0.15, 0.2) is 0 Å². The van der Waals surface area contributed by atoms with E-state index in [0.29, 0.717) is 0 Å². The quantitative estimate of drug-likeness (QED) is 0.164. The third-order valence-corrected chi connectivity index (χ3v) is 2.86. The van der Waals surface area contributed by atoms with Crippen molar-refractivity contribution in [1.29, 1.82) is 0 Å². The Labute approximate surface area is 191 Å². The standard InChI is InChI=1S/C22H26O4S.Na/c1-2-3-4-5-6-7-8-9-10-11-12-13-14-15-16-17-18-19-20-21-22-26-27(23,24)25;/h3-22H,2H2,1H3,(H,23,24,25);/q;+1/p-1. The summed E-state index contributed by atoms with van der Waals surface area (Å²) in [5.41, 5.74) is 0. The summed E-state index contributed by atoms with van der Waals surface area (Å²) in [5, 5.41) is 0. The van der Waals surface area contributed by atoms with Crippen LogP contribution in [-0.2, 0) is 14.6 Å². The minimum absolute atomic E-state index is 0. The van der Waals surface area contributed by atoms with E-state index in [1.165, 1.54) is 12.2 Å².